The molecule has 0 saturated carbocycles. The van der Waals surface area contributed by atoms with Crippen molar-refractivity contribution in [3.05, 3.63) is 64.7 Å². The fourth-order valence-electron chi connectivity index (χ4n) is 2.27. The van der Waals surface area contributed by atoms with Gasteiger partial charge in [-0.3, -0.25) is 4.79 Å². The van der Waals surface area contributed by atoms with Gasteiger partial charge in [0.2, 0.25) is 5.91 Å². The molecule has 0 heterocycles. The molecule has 2 aromatic rings. The summed E-state index contributed by atoms with van der Waals surface area (Å²) in [5.74, 6) is 0.931. The smallest absolute Gasteiger partial charge is 0.222 e. The maximum atomic E-state index is 12.2. The predicted molar refractivity (Wildman–Crippen MR) is 89.2 cm³/mol. The minimum atomic E-state index is 0.114. The van der Waals surface area contributed by atoms with E-state index in [0.717, 1.165) is 16.9 Å². The number of benzene rings is 2. The fraction of sp³-hybridized carbons (Fsp3) is 0.278. The first-order chi connectivity index (χ1) is 10.6. The molecule has 2 rings (SSSR count). The zero-order chi connectivity index (χ0) is 15.9. The molecule has 22 heavy (non-hydrogen) atoms. The second kappa shape index (κ2) is 7.85. The van der Waals surface area contributed by atoms with Crippen LogP contribution >= 0.6 is 11.6 Å². The summed E-state index contributed by atoms with van der Waals surface area (Å²) in [6.07, 6.45) is 1.18. The number of hydrogen-bond donors (Lipinski definition) is 0. The van der Waals surface area contributed by atoms with Crippen LogP contribution in [0.15, 0.2) is 48.5 Å². The number of methoxy groups -OCH3 is 1. The Hall–Kier alpha value is -2.00. The average Bonchev–Trinajstić information content (AvgIpc) is 2.52. The Morgan fingerprint density at radius 2 is 1.86 bits per heavy atom. The third-order valence-corrected chi connectivity index (χ3v) is 3.73. The number of ether oxygens (including phenoxy) is 1. The van der Waals surface area contributed by atoms with E-state index in [0.29, 0.717) is 24.4 Å². The summed E-state index contributed by atoms with van der Waals surface area (Å²) in [7, 11) is 3.46. The van der Waals surface area contributed by atoms with Gasteiger partial charge in [0.1, 0.15) is 5.75 Å². The lowest BCUT2D eigenvalue weighted by Gasteiger charge is -2.17. The van der Waals surface area contributed by atoms with Crippen molar-refractivity contribution in [1.82, 2.24) is 4.90 Å². The van der Waals surface area contributed by atoms with Gasteiger partial charge in [0.05, 0.1) is 7.11 Å². The highest BCUT2D eigenvalue weighted by Crippen LogP contribution is 2.15. The van der Waals surface area contributed by atoms with E-state index in [1.807, 2.05) is 55.6 Å². The third kappa shape index (κ3) is 4.78. The van der Waals surface area contributed by atoms with Crippen molar-refractivity contribution in [2.45, 2.75) is 19.4 Å². The molecular weight excluding hydrogens is 298 g/mol. The van der Waals surface area contributed by atoms with Crippen molar-refractivity contribution in [3.63, 3.8) is 0 Å². The third-order valence-electron chi connectivity index (χ3n) is 3.50. The van der Waals surface area contributed by atoms with Crippen LogP contribution in [0.1, 0.15) is 17.5 Å². The number of halogens is 1. The van der Waals surface area contributed by atoms with Crippen LogP contribution in [0.2, 0.25) is 5.02 Å². The number of aryl methyl sites for hydroxylation is 1. The number of rotatable bonds is 6. The highest BCUT2D eigenvalue weighted by molar-refractivity contribution is 6.30. The quantitative estimate of drug-likeness (QED) is 0.807. The minimum absolute atomic E-state index is 0.114. The zero-order valence-electron chi connectivity index (χ0n) is 12.9. The Morgan fingerprint density at radius 3 is 2.59 bits per heavy atom. The molecule has 0 atom stereocenters. The molecule has 2 aromatic carbocycles. The minimum Gasteiger partial charge on any atom is -0.497 e. The van der Waals surface area contributed by atoms with Gasteiger partial charge in [0.15, 0.2) is 0 Å². The molecular formula is C18H20ClNO2. The van der Waals surface area contributed by atoms with Crippen molar-refractivity contribution >= 4 is 17.5 Å². The van der Waals surface area contributed by atoms with Crippen molar-refractivity contribution in [2.75, 3.05) is 14.2 Å². The maximum absolute atomic E-state index is 12.2. The van der Waals surface area contributed by atoms with Crippen LogP contribution in [0, 0.1) is 0 Å². The fourth-order valence-corrected chi connectivity index (χ4v) is 2.48. The molecule has 0 saturated heterocycles. The van der Waals surface area contributed by atoms with Crippen molar-refractivity contribution in [1.29, 1.82) is 0 Å². The van der Waals surface area contributed by atoms with E-state index >= 15 is 0 Å². The van der Waals surface area contributed by atoms with E-state index in [9.17, 15) is 4.79 Å². The summed E-state index contributed by atoms with van der Waals surface area (Å²) >= 11 is 5.96. The number of carbonyl (C=O) groups is 1. The molecule has 0 spiro atoms. The topological polar surface area (TPSA) is 29.5 Å². The number of nitrogens with zero attached hydrogens (tertiary/aromatic N) is 1. The Balaban J connectivity index is 1.88. The lowest BCUT2D eigenvalue weighted by atomic mass is 10.1. The van der Waals surface area contributed by atoms with Crippen LogP contribution < -0.4 is 4.74 Å². The molecule has 0 radical (unpaired) electrons. The molecule has 0 bridgehead atoms. The maximum Gasteiger partial charge on any atom is 0.222 e. The van der Waals surface area contributed by atoms with Crippen LogP contribution in [-0.4, -0.2) is 25.0 Å². The van der Waals surface area contributed by atoms with Gasteiger partial charge in [0.25, 0.3) is 0 Å². The average molecular weight is 318 g/mol. The van der Waals surface area contributed by atoms with Crippen molar-refractivity contribution in [2.24, 2.45) is 0 Å². The second-order valence-corrected chi connectivity index (χ2v) is 5.67. The first-order valence-corrected chi connectivity index (χ1v) is 7.57. The molecule has 0 unspecified atom stereocenters. The summed E-state index contributed by atoms with van der Waals surface area (Å²) in [5.41, 5.74) is 2.13. The molecule has 0 aliphatic carbocycles. The molecule has 0 aliphatic heterocycles. The van der Waals surface area contributed by atoms with Crippen LogP contribution in [0.25, 0.3) is 0 Å². The van der Waals surface area contributed by atoms with Gasteiger partial charge < -0.3 is 9.64 Å². The van der Waals surface area contributed by atoms with Crippen LogP contribution in [0.5, 0.6) is 5.75 Å². The van der Waals surface area contributed by atoms with Gasteiger partial charge in [0, 0.05) is 25.0 Å². The molecule has 1 amide bonds. The van der Waals surface area contributed by atoms with Crippen LogP contribution in [0.4, 0.5) is 0 Å². The van der Waals surface area contributed by atoms with Crippen LogP contribution in [-0.2, 0) is 17.8 Å². The monoisotopic (exact) mass is 317 g/mol. The van der Waals surface area contributed by atoms with Crippen LogP contribution in [0.3, 0.4) is 0 Å². The molecule has 4 heteroatoms. The van der Waals surface area contributed by atoms with Gasteiger partial charge >= 0.3 is 0 Å². The molecule has 3 nitrogen and oxygen atoms in total. The molecule has 116 valence electrons. The van der Waals surface area contributed by atoms with E-state index < -0.39 is 0 Å². The second-order valence-electron chi connectivity index (χ2n) is 5.23. The van der Waals surface area contributed by atoms with Crippen molar-refractivity contribution < 1.29 is 9.53 Å². The Labute approximate surface area is 136 Å². The molecule has 0 aliphatic rings. The summed E-state index contributed by atoms with van der Waals surface area (Å²) in [6.45, 7) is 0.567. The predicted octanol–water partition coefficient (Wildman–Crippen LogP) is 3.94. The number of hydrogen-bond acceptors (Lipinski definition) is 2. The summed E-state index contributed by atoms with van der Waals surface area (Å²) in [5, 5.41) is 0.690. The van der Waals surface area contributed by atoms with Gasteiger partial charge in [-0.15, -0.1) is 0 Å². The largest absolute Gasteiger partial charge is 0.497 e. The zero-order valence-corrected chi connectivity index (χ0v) is 13.6. The Morgan fingerprint density at radius 1 is 1.14 bits per heavy atom. The molecule has 0 N–H and O–H groups in total. The van der Waals surface area contributed by atoms with Gasteiger partial charge in [-0.2, -0.15) is 0 Å². The van der Waals surface area contributed by atoms with E-state index in [1.54, 1.807) is 12.0 Å². The number of amides is 1. The summed E-state index contributed by atoms with van der Waals surface area (Å²) in [4.78, 5) is 13.9. The summed E-state index contributed by atoms with van der Waals surface area (Å²) in [6, 6.07) is 15.4. The lowest BCUT2D eigenvalue weighted by Crippen LogP contribution is -2.26. The van der Waals surface area contributed by atoms with E-state index in [1.165, 1.54) is 0 Å². The molecule has 0 aromatic heterocycles. The Kier molecular flexibility index (Phi) is 5.84. The van der Waals surface area contributed by atoms with Gasteiger partial charge in [-0.25, -0.2) is 0 Å². The highest BCUT2D eigenvalue weighted by Gasteiger charge is 2.10. The van der Waals surface area contributed by atoms with Gasteiger partial charge in [-0.05, 0) is 41.8 Å². The Bertz CT molecular complexity index is 642. The van der Waals surface area contributed by atoms with E-state index in [-0.39, 0.29) is 5.91 Å². The number of carbonyl (C=O) groups excluding carboxylic acids is 1. The first kappa shape index (κ1) is 16.4. The normalized spacial score (nSPS) is 10.3. The van der Waals surface area contributed by atoms with Gasteiger partial charge in [-0.1, -0.05) is 35.9 Å². The SMILES string of the molecule is COc1cccc(CCC(=O)N(C)Cc2cccc(Cl)c2)c1. The highest BCUT2D eigenvalue weighted by atomic mass is 35.5. The lowest BCUT2D eigenvalue weighted by molar-refractivity contribution is -0.130. The summed E-state index contributed by atoms with van der Waals surface area (Å²) < 4.78 is 5.19. The van der Waals surface area contributed by atoms with E-state index in [4.69, 9.17) is 16.3 Å². The molecule has 0 fully saturated rings. The standard InChI is InChI=1S/C18H20ClNO2/c1-20(13-15-6-3-7-16(19)11-15)18(21)10-9-14-5-4-8-17(12-14)22-2/h3-8,11-12H,9-10,13H2,1-2H3. The first-order valence-electron chi connectivity index (χ1n) is 7.20. The van der Waals surface area contributed by atoms with Crippen molar-refractivity contribution in [3.8, 4) is 5.75 Å². The van der Waals surface area contributed by atoms with E-state index in [2.05, 4.69) is 0 Å².